The highest BCUT2D eigenvalue weighted by Crippen LogP contribution is 2.15. The molecule has 1 saturated heterocycles. The fourth-order valence-electron chi connectivity index (χ4n) is 1.78. The molecule has 3 nitrogen and oxygen atoms in total. The van der Waals surface area contributed by atoms with E-state index >= 15 is 0 Å². The molecule has 1 rings (SSSR count). The Bertz CT molecular complexity index is 152. The number of morpholine rings is 1. The van der Waals surface area contributed by atoms with Gasteiger partial charge in [-0.05, 0) is 19.3 Å². The molecule has 2 N–H and O–H groups in total. The maximum absolute atomic E-state index is 9.67. The first-order chi connectivity index (χ1) is 6.15. The van der Waals surface area contributed by atoms with Crippen molar-refractivity contribution in [3.63, 3.8) is 0 Å². The second-order valence-corrected chi connectivity index (χ2v) is 4.05. The summed E-state index contributed by atoms with van der Waals surface area (Å²) in [6.45, 7) is 7.70. The van der Waals surface area contributed by atoms with Crippen LogP contribution in [-0.4, -0.2) is 36.5 Å². The first kappa shape index (κ1) is 11.0. The number of ether oxygens (including phenoxy) is 1. The zero-order chi connectivity index (χ0) is 9.84. The Morgan fingerprint density at radius 3 is 2.77 bits per heavy atom. The van der Waals surface area contributed by atoms with Crippen molar-refractivity contribution >= 4 is 0 Å². The van der Waals surface area contributed by atoms with Gasteiger partial charge in [0.25, 0.3) is 0 Å². The zero-order valence-electron chi connectivity index (χ0n) is 8.79. The van der Waals surface area contributed by atoms with Crippen molar-refractivity contribution < 1.29 is 9.84 Å². The van der Waals surface area contributed by atoms with Gasteiger partial charge in [-0.3, -0.25) is 0 Å². The van der Waals surface area contributed by atoms with E-state index in [1.807, 2.05) is 6.92 Å². The largest absolute Gasteiger partial charge is 0.393 e. The Kier molecular flexibility index (Phi) is 4.16. The second-order valence-electron chi connectivity index (χ2n) is 4.05. The third-order valence-corrected chi connectivity index (χ3v) is 2.82. The van der Waals surface area contributed by atoms with Crippen LogP contribution < -0.4 is 5.32 Å². The van der Waals surface area contributed by atoms with Crippen LogP contribution in [-0.2, 0) is 4.74 Å². The average Bonchev–Trinajstić information content (AvgIpc) is 2.15. The molecule has 0 saturated carbocycles. The van der Waals surface area contributed by atoms with E-state index in [4.69, 9.17) is 4.74 Å². The number of hydrogen-bond acceptors (Lipinski definition) is 3. The maximum Gasteiger partial charge on any atom is 0.0624 e. The van der Waals surface area contributed by atoms with Crippen LogP contribution in [0.5, 0.6) is 0 Å². The molecule has 78 valence electrons. The molecule has 0 aromatic rings. The number of aliphatic hydroxyl groups is 1. The number of aliphatic hydroxyl groups excluding tert-OH is 1. The molecule has 0 spiro atoms. The van der Waals surface area contributed by atoms with E-state index in [1.165, 1.54) is 0 Å². The van der Waals surface area contributed by atoms with Gasteiger partial charge in [0, 0.05) is 12.1 Å². The summed E-state index contributed by atoms with van der Waals surface area (Å²) in [5.41, 5.74) is 0. The van der Waals surface area contributed by atoms with Gasteiger partial charge < -0.3 is 15.2 Å². The van der Waals surface area contributed by atoms with Gasteiger partial charge in [0.1, 0.15) is 0 Å². The zero-order valence-corrected chi connectivity index (χ0v) is 8.79. The summed E-state index contributed by atoms with van der Waals surface area (Å²) < 4.78 is 5.44. The minimum atomic E-state index is -0.216. The van der Waals surface area contributed by atoms with Gasteiger partial charge in [-0.1, -0.05) is 13.8 Å². The predicted molar refractivity (Wildman–Crippen MR) is 52.7 cm³/mol. The quantitative estimate of drug-likeness (QED) is 0.685. The Morgan fingerprint density at radius 2 is 2.23 bits per heavy atom. The van der Waals surface area contributed by atoms with Crippen molar-refractivity contribution in [2.45, 2.75) is 45.4 Å². The van der Waals surface area contributed by atoms with E-state index < -0.39 is 0 Å². The molecular formula is C10H21NO2. The topological polar surface area (TPSA) is 41.5 Å². The summed E-state index contributed by atoms with van der Waals surface area (Å²) in [7, 11) is 0. The standard InChI is InChI=1S/C10H21NO2/c1-4-10(12)8(3)9-6-13-5-7(2)11-9/h7-12H,4-6H2,1-3H3. The van der Waals surface area contributed by atoms with Gasteiger partial charge in [0.05, 0.1) is 19.3 Å². The van der Waals surface area contributed by atoms with Gasteiger partial charge >= 0.3 is 0 Å². The number of hydrogen-bond donors (Lipinski definition) is 2. The number of nitrogens with one attached hydrogen (secondary N) is 1. The van der Waals surface area contributed by atoms with E-state index in [2.05, 4.69) is 19.2 Å². The summed E-state index contributed by atoms with van der Waals surface area (Å²) in [4.78, 5) is 0. The molecule has 1 aliphatic rings. The molecule has 13 heavy (non-hydrogen) atoms. The Labute approximate surface area is 80.5 Å². The van der Waals surface area contributed by atoms with Gasteiger partial charge in [-0.15, -0.1) is 0 Å². The number of rotatable bonds is 3. The van der Waals surface area contributed by atoms with Crippen LogP contribution >= 0.6 is 0 Å². The highest BCUT2D eigenvalue weighted by molar-refractivity contribution is 4.83. The molecule has 4 atom stereocenters. The Hall–Kier alpha value is -0.120. The minimum absolute atomic E-state index is 0.216. The van der Waals surface area contributed by atoms with Gasteiger partial charge in [0.2, 0.25) is 0 Å². The van der Waals surface area contributed by atoms with Crippen LogP contribution in [0.1, 0.15) is 27.2 Å². The van der Waals surface area contributed by atoms with E-state index in [0.717, 1.165) is 19.6 Å². The fraction of sp³-hybridized carbons (Fsp3) is 1.00. The molecule has 1 fully saturated rings. The highest BCUT2D eigenvalue weighted by Gasteiger charge is 2.27. The molecule has 0 radical (unpaired) electrons. The molecular weight excluding hydrogens is 166 g/mol. The van der Waals surface area contributed by atoms with E-state index in [-0.39, 0.29) is 12.0 Å². The first-order valence-corrected chi connectivity index (χ1v) is 5.17. The minimum Gasteiger partial charge on any atom is -0.393 e. The fourth-order valence-corrected chi connectivity index (χ4v) is 1.78. The molecule has 3 heteroatoms. The smallest absolute Gasteiger partial charge is 0.0624 e. The third kappa shape index (κ3) is 2.93. The molecule has 0 amide bonds. The lowest BCUT2D eigenvalue weighted by atomic mass is 9.93. The second kappa shape index (κ2) is 4.94. The Balaban J connectivity index is 2.41. The molecule has 0 aromatic carbocycles. The summed E-state index contributed by atoms with van der Waals surface area (Å²) in [5, 5.41) is 13.1. The van der Waals surface area contributed by atoms with Crippen molar-refractivity contribution in [2.75, 3.05) is 13.2 Å². The lowest BCUT2D eigenvalue weighted by molar-refractivity contribution is 0.00160. The van der Waals surface area contributed by atoms with Crippen molar-refractivity contribution in [1.29, 1.82) is 0 Å². The van der Waals surface area contributed by atoms with Crippen LogP contribution in [0, 0.1) is 5.92 Å². The van der Waals surface area contributed by atoms with E-state index in [0.29, 0.717) is 12.1 Å². The highest BCUT2D eigenvalue weighted by atomic mass is 16.5. The van der Waals surface area contributed by atoms with Crippen molar-refractivity contribution in [3.05, 3.63) is 0 Å². The molecule has 0 aromatic heterocycles. The summed E-state index contributed by atoms with van der Waals surface area (Å²) in [5.74, 6) is 0.271. The van der Waals surface area contributed by atoms with Crippen LogP contribution in [0.2, 0.25) is 0 Å². The first-order valence-electron chi connectivity index (χ1n) is 5.17. The van der Waals surface area contributed by atoms with Crippen LogP contribution in [0.15, 0.2) is 0 Å². The maximum atomic E-state index is 9.67. The van der Waals surface area contributed by atoms with E-state index in [9.17, 15) is 5.11 Å². The lowest BCUT2D eigenvalue weighted by Crippen LogP contribution is -2.52. The van der Waals surface area contributed by atoms with Gasteiger partial charge in [-0.25, -0.2) is 0 Å². The SMILES string of the molecule is CCC(O)C(C)C1COCC(C)N1. The monoisotopic (exact) mass is 187 g/mol. The molecule has 4 unspecified atom stereocenters. The van der Waals surface area contributed by atoms with Crippen LogP contribution in [0.3, 0.4) is 0 Å². The van der Waals surface area contributed by atoms with E-state index in [1.54, 1.807) is 0 Å². The van der Waals surface area contributed by atoms with Gasteiger partial charge in [0.15, 0.2) is 0 Å². The Morgan fingerprint density at radius 1 is 1.54 bits per heavy atom. The molecule has 1 aliphatic heterocycles. The molecule has 1 heterocycles. The molecule has 0 bridgehead atoms. The van der Waals surface area contributed by atoms with Gasteiger partial charge in [-0.2, -0.15) is 0 Å². The van der Waals surface area contributed by atoms with Crippen molar-refractivity contribution in [3.8, 4) is 0 Å². The molecule has 0 aliphatic carbocycles. The van der Waals surface area contributed by atoms with Crippen molar-refractivity contribution in [1.82, 2.24) is 5.32 Å². The summed E-state index contributed by atoms with van der Waals surface area (Å²) in [6.07, 6.45) is 0.597. The van der Waals surface area contributed by atoms with Crippen molar-refractivity contribution in [2.24, 2.45) is 5.92 Å². The van der Waals surface area contributed by atoms with Crippen LogP contribution in [0.25, 0.3) is 0 Å². The normalized spacial score (nSPS) is 34.2. The summed E-state index contributed by atoms with van der Waals surface area (Å²) in [6, 6.07) is 0.712. The summed E-state index contributed by atoms with van der Waals surface area (Å²) >= 11 is 0. The average molecular weight is 187 g/mol. The lowest BCUT2D eigenvalue weighted by Gasteiger charge is -2.34. The third-order valence-electron chi connectivity index (χ3n) is 2.82. The predicted octanol–water partition coefficient (Wildman–Crippen LogP) is 0.770. The van der Waals surface area contributed by atoms with Crippen LogP contribution in [0.4, 0.5) is 0 Å².